The summed E-state index contributed by atoms with van der Waals surface area (Å²) in [7, 11) is 0. The second-order valence-corrected chi connectivity index (χ2v) is 6.13. The molecule has 130 valence electrons. The summed E-state index contributed by atoms with van der Waals surface area (Å²) in [5.41, 5.74) is 1.02. The van der Waals surface area contributed by atoms with E-state index in [4.69, 9.17) is 5.26 Å². The van der Waals surface area contributed by atoms with Crippen LogP contribution in [0.4, 0.5) is 8.78 Å². The number of aromatic nitrogens is 2. The molecule has 1 atom stereocenters. The molecule has 1 aromatic carbocycles. The standard InChI is InChI=1S/C18H18F2N4O/c1-10(2)6-16-17(24-13(8-21)9-22-16)18(25)23-11(3)12-4-5-14(19)15(20)7-12/h4-5,7,9-11H,6H2,1-3H3,(H,23,25). The van der Waals surface area contributed by atoms with Gasteiger partial charge in [0.05, 0.1) is 17.9 Å². The first-order valence-corrected chi connectivity index (χ1v) is 7.83. The van der Waals surface area contributed by atoms with Gasteiger partial charge in [-0.1, -0.05) is 19.9 Å². The van der Waals surface area contributed by atoms with Crippen molar-refractivity contribution in [3.63, 3.8) is 0 Å². The quantitative estimate of drug-likeness (QED) is 0.902. The van der Waals surface area contributed by atoms with Gasteiger partial charge in [-0.2, -0.15) is 5.26 Å². The Labute approximate surface area is 144 Å². The van der Waals surface area contributed by atoms with Crippen LogP contribution in [0, 0.1) is 28.9 Å². The summed E-state index contributed by atoms with van der Waals surface area (Å²) in [4.78, 5) is 20.8. The third-order valence-electron chi connectivity index (χ3n) is 3.57. The van der Waals surface area contributed by atoms with Crippen LogP contribution in [0.2, 0.25) is 0 Å². The SMILES string of the molecule is CC(C)Cc1ncc(C#N)nc1C(=O)NC(C)c1ccc(F)c(F)c1. The molecule has 0 aliphatic rings. The van der Waals surface area contributed by atoms with E-state index in [1.165, 1.54) is 12.3 Å². The number of nitrogens with zero attached hydrogens (tertiary/aromatic N) is 3. The molecule has 0 aliphatic carbocycles. The third-order valence-corrected chi connectivity index (χ3v) is 3.57. The predicted molar refractivity (Wildman–Crippen MR) is 87.5 cm³/mol. The minimum absolute atomic E-state index is 0.0399. The maximum atomic E-state index is 13.4. The zero-order valence-corrected chi connectivity index (χ0v) is 14.2. The van der Waals surface area contributed by atoms with E-state index in [1.807, 2.05) is 19.9 Å². The summed E-state index contributed by atoms with van der Waals surface area (Å²) in [5.74, 6) is -2.20. The third kappa shape index (κ3) is 4.57. The van der Waals surface area contributed by atoms with Crippen molar-refractivity contribution in [2.45, 2.75) is 33.2 Å². The van der Waals surface area contributed by atoms with Gasteiger partial charge in [0.1, 0.15) is 6.07 Å². The first kappa shape index (κ1) is 18.5. The van der Waals surface area contributed by atoms with Crippen LogP contribution in [0.5, 0.6) is 0 Å². The monoisotopic (exact) mass is 344 g/mol. The number of halogens is 2. The maximum absolute atomic E-state index is 13.4. The number of nitriles is 1. The van der Waals surface area contributed by atoms with Crippen LogP contribution in [-0.4, -0.2) is 15.9 Å². The molecule has 0 saturated heterocycles. The molecule has 1 aromatic heterocycles. The zero-order chi connectivity index (χ0) is 18.6. The maximum Gasteiger partial charge on any atom is 0.272 e. The Morgan fingerprint density at radius 3 is 2.60 bits per heavy atom. The molecule has 0 saturated carbocycles. The van der Waals surface area contributed by atoms with Gasteiger partial charge in [0.2, 0.25) is 0 Å². The van der Waals surface area contributed by atoms with Gasteiger partial charge in [-0.15, -0.1) is 0 Å². The average Bonchev–Trinajstić information content (AvgIpc) is 2.57. The van der Waals surface area contributed by atoms with Crippen molar-refractivity contribution in [1.82, 2.24) is 15.3 Å². The minimum Gasteiger partial charge on any atom is -0.344 e. The molecule has 1 heterocycles. The zero-order valence-electron chi connectivity index (χ0n) is 14.2. The van der Waals surface area contributed by atoms with E-state index in [0.29, 0.717) is 17.7 Å². The van der Waals surface area contributed by atoms with Crippen LogP contribution in [0.15, 0.2) is 24.4 Å². The lowest BCUT2D eigenvalue weighted by Crippen LogP contribution is -2.29. The Morgan fingerprint density at radius 2 is 2.00 bits per heavy atom. The van der Waals surface area contributed by atoms with E-state index >= 15 is 0 Å². The van der Waals surface area contributed by atoms with Gasteiger partial charge < -0.3 is 5.32 Å². The number of carbonyl (C=O) groups excluding carboxylic acids is 1. The van der Waals surface area contributed by atoms with Crippen molar-refractivity contribution < 1.29 is 13.6 Å². The number of hydrogen-bond acceptors (Lipinski definition) is 4. The van der Waals surface area contributed by atoms with E-state index in [0.717, 1.165) is 12.1 Å². The second kappa shape index (κ2) is 7.79. The Hall–Kier alpha value is -2.88. The van der Waals surface area contributed by atoms with Crippen molar-refractivity contribution in [2.24, 2.45) is 5.92 Å². The van der Waals surface area contributed by atoms with E-state index in [1.54, 1.807) is 6.92 Å². The Morgan fingerprint density at radius 1 is 1.28 bits per heavy atom. The summed E-state index contributed by atoms with van der Waals surface area (Å²) >= 11 is 0. The smallest absolute Gasteiger partial charge is 0.272 e. The van der Waals surface area contributed by atoms with Crippen LogP contribution < -0.4 is 5.32 Å². The number of hydrogen-bond donors (Lipinski definition) is 1. The second-order valence-electron chi connectivity index (χ2n) is 6.13. The van der Waals surface area contributed by atoms with E-state index in [-0.39, 0.29) is 17.3 Å². The van der Waals surface area contributed by atoms with Crippen molar-refractivity contribution in [3.05, 3.63) is 58.7 Å². The fourth-order valence-corrected chi connectivity index (χ4v) is 2.32. The molecule has 0 fully saturated rings. The number of rotatable bonds is 5. The van der Waals surface area contributed by atoms with Gasteiger partial charge in [-0.25, -0.2) is 13.8 Å². The predicted octanol–water partition coefficient (Wildman–Crippen LogP) is 3.32. The summed E-state index contributed by atoms with van der Waals surface area (Å²) in [6.07, 6.45) is 1.86. The molecule has 0 radical (unpaired) electrons. The van der Waals surface area contributed by atoms with Gasteiger partial charge in [-0.3, -0.25) is 9.78 Å². The number of benzene rings is 1. The summed E-state index contributed by atoms with van der Waals surface area (Å²) in [5, 5.41) is 11.7. The molecule has 25 heavy (non-hydrogen) atoms. The highest BCUT2D eigenvalue weighted by Gasteiger charge is 2.19. The van der Waals surface area contributed by atoms with Crippen LogP contribution in [0.3, 0.4) is 0 Å². The Balaban J connectivity index is 2.27. The molecule has 2 aromatic rings. The molecule has 0 bridgehead atoms. The molecule has 1 unspecified atom stereocenters. The van der Waals surface area contributed by atoms with Crippen molar-refractivity contribution in [1.29, 1.82) is 5.26 Å². The highest BCUT2D eigenvalue weighted by Crippen LogP contribution is 2.17. The average molecular weight is 344 g/mol. The van der Waals surface area contributed by atoms with E-state index < -0.39 is 23.6 Å². The Kier molecular flexibility index (Phi) is 5.75. The van der Waals surface area contributed by atoms with Gasteiger partial charge in [0.15, 0.2) is 23.0 Å². The topological polar surface area (TPSA) is 78.7 Å². The van der Waals surface area contributed by atoms with E-state index in [2.05, 4.69) is 15.3 Å². The molecule has 0 aliphatic heterocycles. The highest BCUT2D eigenvalue weighted by molar-refractivity contribution is 5.93. The lowest BCUT2D eigenvalue weighted by atomic mass is 10.0. The normalized spacial score (nSPS) is 11.9. The van der Waals surface area contributed by atoms with Gasteiger partial charge in [-0.05, 0) is 37.0 Å². The van der Waals surface area contributed by atoms with Crippen molar-refractivity contribution in [2.75, 3.05) is 0 Å². The van der Waals surface area contributed by atoms with Crippen LogP contribution in [-0.2, 0) is 6.42 Å². The molecular formula is C18H18F2N4O. The molecule has 1 amide bonds. The largest absolute Gasteiger partial charge is 0.344 e. The summed E-state index contributed by atoms with van der Waals surface area (Å²) < 4.78 is 26.4. The first-order valence-electron chi connectivity index (χ1n) is 7.83. The number of nitrogens with one attached hydrogen (secondary N) is 1. The van der Waals surface area contributed by atoms with Crippen molar-refractivity contribution >= 4 is 5.91 Å². The van der Waals surface area contributed by atoms with Crippen LogP contribution in [0.1, 0.15) is 54.3 Å². The molecule has 5 nitrogen and oxygen atoms in total. The van der Waals surface area contributed by atoms with Gasteiger partial charge in [0.25, 0.3) is 5.91 Å². The fraction of sp³-hybridized carbons (Fsp3) is 0.333. The molecule has 0 spiro atoms. The highest BCUT2D eigenvalue weighted by atomic mass is 19.2. The first-order chi connectivity index (χ1) is 11.8. The van der Waals surface area contributed by atoms with Gasteiger partial charge in [0, 0.05) is 0 Å². The van der Waals surface area contributed by atoms with Crippen molar-refractivity contribution in [3.8, 4) is 6.07 Å². The summed E-state index contributed by atoms with van der Waals surface area (Å²) in [6.45, 7) is 5.60. The fourth-order valence-electron chi connectivity index (χ4n) is 2.32. The van der Waals surface area contributed by atoms with Crippen LogP contribution in [0.25, 0.3) is 0 Å². The number of amides is 1. The molecular weight excluding hydrogens is 326 g/mol. The lowest BCUT2D eigenvalue weighted by Gasteiger charge is -2.16. The van der Waals surface area contributed by atoms with E-state index in [9.17, 15) is 13.6 Å². The number of carbonyl (C=O) groups is 1. The summed E-state index contributed by atoms with van der Waals surface area (Å²) in [6, 6.07) is 4.73. The van der Waals surface area contributed by atoms with Crippen LogP contribution >= 0.6 is 0 Å². The lowest BCUT2D eigenvalue weighted by molar-refractivity contribution is 0.0933. The molecule has 7 heteroatoms. The molecule has 2 rings (SSSR count). The Bertz CT molecular complexity index is 830. The minimum atomic E-state index is -0.981. The van der Waals surface area contributed by atoms with Gasteiger partial charge >= 0.3 is 0 Å². The molecule has 1 N–H and O–H groups in total.